The third-order valence-corrected chi connectivity index (χ3v) is 4.55. The van der Waals surface area contributed by atoms with Gasteiger partial charge in [-0.2, -0.15) is 13.2 Å². The van der Waals surface area contributed by atoms with Crippen LogP contribution in [0.3, 0.4) is 0 Å². The minimum absolute atomic E-state index is 0.270. The maximum absolute atomic E-state index is 12.5. The van der Waals surface area contributed by atoms with Gasteiger partial charge < -0.3 is 0 Å². The van der Waals surface area contributed by atoms with Crippen LogP contribution in [0.15, 0.2) is 11.4 Å². The molecule has 86 valence electrons. The summed E-state index contributed by atoms with van der Waals surface area (Å²) in [7, 11) is 0.0957. The predicted octanol–water partition coefficient (Wildman–Crippen LogP) is 3.23. The van der Waals surface area contributed by atoms with Crippen LogP contribution in [-0.4, -0.2) is 14.6 Å². The van der Waals surface area contributed by atoms with E-state index >= 15 is 0 Å². The maximum Gasteiger partial charge on any atom is 0.411 e. The number of thiophene rings is 1. The van der Waals surface area contributed by atoms with Gasteiger partial charge in [0.25, 0.3) is 0 Å². The van der Waals surface area contributed by atoms with Crippen molar-refractivity contribution in [1.29, 1.82) is 0 Å². The average Bonchev–Trinajstić information content (AvgIpc) is 2.30. The minimum Gasteiger partial charge on any atom is -0.211 e. The third kappa shape index (κ3) is 2.85. The van der Waals surface area contributed by atoms with Crippen molar-refractivity contribution in [2.45, 2.75) is 18.3 Å². The lowest BCUT2D eigenvalue weighted by atomic mass is 10.2. The predicted molar refractivity (Wildman–Crippen MR) is 52.6 cm³/mol. The summed E-state index contributed by atoms with van der Waals surface area (Å²) in [5, 5.41) is -1.24. The van der Waals surface area contributed by atoms with Crippen LogP contribution < -0.4 is 0 Å². The molecule has 0 aliphatic heterocycles. The zero-order valence-electron chi connectivity index (χ0n) is 7.38. The quantitative estimate of drug-likeness (QED) is 0.779. The molecule has 1 atom stereocenters. The first kappa shape index (κ1) is 12.8. The normalized spacial score (nSPS) is 15.3. The Labute approximate surface area is 93.1 Å². The molecule has 1 unspecified atom stereocenters. The molecule has 1 rings (SSSR count). The molecule has 1 aromatic rings. The van der Waals surface area contributed by atoms with Crippen LogP contribution in [0.25, 0.3) is 0 Å². The van der Waals surface area contributed by atoms with Gasteiger partial charge in [-0.1, -0.05) is 0 Å². The monoisotopic (exact) mass is 278 g/mol. The highest BCUT2D eigenvalue weighted by Crippen LogP contribution is 2.44. The van der Waals surface area contributed by atoms with E-state index in [1.54, 1.807) is 0 Å². The molecule has 0 aliphatic rings. The van der Waals surface area contributed by atoms with E-state index in [4.69, 9.17) is 10.7 Å². The van der Waals surface area contributed by atoms with Gasteiger partial charge in [0, 0.05) is 15.6 Å². The van der Waals surface area contributed by atoms with E-state index in [1.807, 2.05) is 0 Å². The van der Waals surface area contributed by atoms with Gasteiger partial charge in [0.2, 0.25) is 14.3 Å². The smallest absolute Gasteiger partial charge is 0.211 e. The molecule has 0 radical (unpaired) electrons. The molecule has 0 aromatic carbocycles. The SMILES string of the molecule is Cc1ccsc1C(C(F)(F)F)S(=O)(=O)Cl. The summed E-state index contributed by atoms with van der Waals surface area (Å²) < 4.78 is 59.3. The van der Waals surface area contributed by atoms with Crippen molar-refractivity contribution in [3.8, 4) is 0 Å². The number of halogens is 4. The van der Waals surface area contributed by atoms with E-state index in [-0.39, 0.29) is 10.4 Å². The molecule has 8 heteroatoms. The molecule has 0 fully saturated rings. The fourth-order valence-electron chi connectivity index (χ4n) is 1.09. The van der Waals surface area contributed by atoms with Crippen LogP contribution in [0, 0.1) is 6.92 Å². The number of hydrogen-bond donors (Lipinski definition) is 0. The molecule has 0 saturated heterocycles. The van der Waals surface area contributed by atoms with E-state index < -0.39 is 20.5 Å². The Hall–Kier alpha value is -0.270. The lowest BCUT2D eigenvalue weighted by molar-refractivity contribution is -0.130. The second kappa shape index (κ2) is 3.95. The Morgan fingerprint density at radius 3 is 2.27 bits per heavy atom. The van der Waals surface area contributed by atoms with E-state index in [2.05, 4.69) is 0 Å². The number of hydrogen-bond acceptors (Lipinski definition) is 3. The van der Waals surface area contributed by atoms with Crippen LogP contribution in [-0.2, 0) is 9.05 Å². The van der Waals surface area contributed by atoms with Crippen molar-refractivity contribution in [3.05, 3.63) is 21.9 Å². The summed E-state index contributed by atoms with van der Waals surface area (Å²) in [6, 6.07) is 1.42. The van der Waals surface area contributed by atoms with Gasteiger partial charge in [-0.15, -0.1) is 11.3 Å². The highest BCUT2D eigenvalue weighted by Gasteiger charge is 2.50. The highest BCUT2D eigenvalue weighted by atomic mass is 35.7. The van der Waals surface area contributed by atoms with Crippen LogP contribution in [0.5, 0.6) is 0 Å². The van der Waals surface area contributed by atoms with E-state index in [0.717, 1.165) is 11.3 Å². The van der Waals surface area contributed by atoms with Crippen LogP contribution in [0.2, 0.25) is 0 Å². The van der Waals surface area contributed by atoms with E-state index in [1.165, 1.54) is 18.4 Å². The van der Waals surface area contributed by atoms with Gasteiger partial charge in [-0.25, -0.2) is 8.42 Å². The second-order valence-electron chi connectivity index (χ2n) is 2.87. The van der Waals surface area contributed by atoms with Crippen molar-refractivity contribution in [3.63, 3.8) is 0 Å². The van der Waals surface area contributed by atoms with Crippen LogP contribution in [0.4, 0.5) is 13.2 Å². The average molecular weight is 279 g/mol. The molecular weight excluding hydrogens is 273 g/mol. The molecular formula is C7H6ClF3O2S2. The molecule has 0 amide bonds. The van der Waals surface area contributed by atoms with Gasteiger partial charge in [-0.05, 0) is 23.9 Å². The molecule has 0 bridgehead atoms. The molecule has 1 aromatic heterocycles. The number of aryl methyl sites for hydroxylation is 1. The molecule has 2 nitrogen and oxygen atoms in total. The largest absolute Gasteiger partial charge is 0.411 e. The second-order valence-corrected chi connectivity index (χ2v) is 6.53. The third-order valence-electron chi connectivity index (χ3n) is 1.72. The zero-order chi connectivity index (χ0) is 11.9. The number of alkyl halides is 3. The van der Waals surface area contributed by atoms with Gasteiger partial charge in [0.05, 0.1) is 0 Å². The van der Waals surface area contributed by atoms with Crippen molar-refractivity contribution < 1.29 is 21.6 Å². The Balaban J connectivity index is 3.33. The molecule has 1 heterocycles. The van der Waals surface area contributed by atoms with Gasteiger partial charge in [0.1, 0.15) is 0 Å². The standard InChI is InChI=1S/C7H6ClF3O2S2/c1-4-2-3-14-5(4)6(7(9,10)11)15(8,12)13/h2-3,6H,1H3. The fourth-order valence-corrected chi connectivity index (χ4v) is 4.06. The first-order valence-electron chi connectivity index (χ1n) is 3.68. The van der Waals surface area contributed by atoms with Crippen LogP contribution >= 0.6 is 22.0 Å². The molecule has 0 saturated carbocycles. The number of rotatable bonds is 2. The van der Waals surface area contributed by atoms with Crippen molar-refractivity contribution in [2.75, 3.05) is 0 Å². The molecule has 0 aliphatic carbocycles. The summed E-state index contributed by atoms with van der Waals surface area (Å²) in [6.45, 7) is 1.41. The topological polar surface area (TPSA) is 34.1 Å². The van der Waals surface area contributed by atoms with Gasteiger partial charge >= 0.3 is 6.18 Å². The molecule has 0 spiro atoms. The Kier molecular flexibility index (Phi) is 3.37. The molecule has 0 N–H and O–H groups in total. The summed E-state index contributed by atoms with van der Waals surface area (Å²) in [5.41, 5.74) is 0.270. The Morgan fingerprint density at radius 2 is 2.00 bits per heavy atom. The maximum atomic E-state index is 12.5. The summed E-state index contributed by atoms with van der Waals surface area (Å²) >= 11 is 0.728. The van der Waals surface area contributed by atoms with E-state index in [9.17, 15) is 21.6 Å². The first-order chi connectivity index (χ1) is 6.64. The zero-order valence-corrected chi connectivity index (χ0v) is 9.77. The molecule has 15 heavy (non-hydrogen) atoms. The summed E-state index contributed by atoms with van der Waals surface area (Å²) in [4.78, 5) is -0.280. The lowest BCUT2D eigenvalue weighted by Crippen LogP contribution is -2.25. The lowest BCUT2D eigenvalue weighted by Gasteiger charge is -2.16. The van der Waals surface area contributed by atoms with Gasteiger partial charge in [-0.3, -0.25) is 0 Å². The Bertz CT molecular complexity index is 449. The highest BCUT2D eigenvalue weighted by molar-refractivity contribution is 8.14. The first-order valence-corrected chi connectivity index (χ1v) is 6.93. The van der Waals surface area contributed by atoms with Crippen molar-refractivity contribution in [2.24, 2.45) is 0 Å². The van der Waals surface area contributed by atoms with Crippen molar-refractivity contribution in [1.82, 2.24) is 0 Å². The Morgan fingerprint density at radius 1 is 1.47 bits per heavy atom. The fraction of sp³-hybridized carbons (Fsp3) is 0.429. The van der Waals surface area contributed by atoms with Crippen LogP contribution in [0.1, 0.15) is 15.7 Å². The summed E-state index contributed by atoms with van der Waals surface area (Å²) in [6.07, 6.45) is -4.89. The summed E-state index contributed by atoms with van der Waals surface area (Å²) in [5.74, 6) is 0. The van der Waals surface area contributed by atoms with Crippen molar-refractivity contribution >= 4 is 31.1 Å². The minimum atomic E-state index is -4.89. The van der Waals surface area contributed by atoms with E-state index in [0.29, 0.717) is 0 Å². The van der Waals surface area contributed by atoms with Gasteiger partial charge in [0.15, 0.2) is 0 Å².